The highest BCUT2D eigenvalue weighted by molar-refractivity contribution is 7.98. The molecule has 0 fully saturated rings. The van der Waals surface area contributed by atoms with Crippen LogP contribution in [-0.2, 0) is 10.5 Å². The van der Waals surface area contributed by atoms with Gasteiger partial charge in [-0.1, -0.05) is 84.9 Å². The molecule has 27 heavy (non-hydrogen) atoms. The fourth-order valence-electron chi connectivity index (χ4n) is 3.06. The van der Waals surface area contributed by atoms with Crippen molar-refractivity contribution in [2.45, 2.75) is 25.1 Å². The van der Waals surface area contributed by atoms with Crippen LogP contribution in [0.25, 0.3) is 0 Å². The van der Waals surface area contributed by atoms with E-state index in [1.165, 1.54) is 11.1 Å². The van der Waals surface area contributed by atoms with Gasteiger partial charge in [0.1, 0.15) is 0 Å². The molecule has 0 spiro atoms. The van der Waals surface area contributed by atoms with Crippen LogP contribution in [0, 0.1) is 6.92 Å². The summed E-state index contributed by atoms with van der Waals surface area (Å²) in [5, 5.41) is 3.24. The Labute approximate surface area is 166 Å². The standard InChI is InChI=1S/C24H25NOS/c1-19-10-8-9-15-22(19)24(21-13-6-3-7-14-21)25-23(26)16-17-27-18-20-11-4-2-5-12-20/h2-15,24H,16-18H2,1H3,(H,25,26). The first-order valence-corrected chi connectivity index (χ1v) is 10.4. The van der Waals surface area contributed by atoms with Crippen molar-refractivity contribution in [1.29, 1.82) is 0 Å². The lowest BCUT2D eigenvalue weighted by molar-refractivity contribution is -0.121. The summed E-state index contributed by atoms with van der Waals surface area (Å²) in [6.45, 7) is 2.09. The molecule has 0 saturated heterocycles. The number of amides is 1. The van der Waals surface area contributed by atoms with Crippen molar-refractivity contribution in [3.63, 3.8) is 0 Å². The van der Waals surface area contributed by atoms with Gasteiger partial charge in [0.25, 0.3) is 0 Å². The summed E-state index contributed by atoms with van der Waals surface area (Å²) in [7, 11) is 0. The predicted octanol–water partition coefficient (Wildman–Crippen LogP) is 5.52. The molecule has 1 atom stereocenters. The van der Waals surface area contributed by atoms with Gasteiger partial charge in [-0.2, -0.15) is 11.8 Å². The Morgan fingerprint density at radius 2 is 1.52 bits per heavy atom. The van der Waals surface area contributed by atoms with Gasteiger partial charge < -0.3 is 5.32 Å². The van der Waals surface area contributed by atoms with E-state index in [2.05, 4.69) is 60.8 Å². The van der Waals surface area contributed by atoms with Crippen LogP contribution in [-0.4, -0.2) is 11.7 Å². The smallest absolute Gasteiger partial charge is 0.221 e. The molecule has 3 aromatic rings. The molecule has 3 heteroatoms. The van der Waals surface area contributed by atoms with E-state index in [9.17, 15) is 4.79 Å². The zero-order valence-corrected chi connectivity index (χ0v) is 16.4. The number of benzene rings is 3. The molecule has 138 valence electrons. The maximum Gasteiger partial charge on any atom is 0.221 e. The summed E-state index contributed by atoms with van der Waals surface area (Å²) < 4.78 is 0. The summed E-state index contributed by atoms with van der Waals surface area (Å²) in [4.78, 5) is 12.6. The molecule has 0 bridgehead atoms. The predicted molar refractivity (Wildman–Crippen MR) is 115 cm³/mol. The molecule has 2 nitrogen and oxygen atoms in total. The van der Waals surface area contributed by atoms with Crippen molar-refractivity contribution >= 4 is 17.7 Å². The zero-order valence-electron chi connectivity index (χ0n) is 15.6. The van der Waals surface area contributed by atoms with Gasteiger partial charge in [0.15, 0.2) is 0 Å². The first-order chi connectivity index (χ1) is 13.2. The highest BCUT2D eigenvalue weighted by atomic mass is 32.2. The second-order valence-corrected chi connectivity index (χ2v) is 7.66. The van der Waals surface area contributed by atoms with Gasteiger partial charge in [-0.3, -0.25) is 4.79 Å². The summed E-state index contributed by atoms with van der Waals surface area (Å²) in [5.41, 5.74) is 4.74. The van der Waals surface area contributed by atoms with E-state index in [0.717, 1.165) is 22.6 Å². The van der Waals surface area contributed by atoms with E-state index in [1.54, 1.807) is 11.8 Å². The molecule has 1 amide bonds. The number of rotatable bonds is 8. The number of hydrogen-bond acceptors (Lipinski definition) is 2. The largest absolute Gasteiger partial charge is 0.345 e. The third-order valence-corrected chi connectivity index (χ3v) is 5.55. The Morgan fingerprint density at radius 3 is 2.22 bits per heavy atom. The molecule has 3 rings (SSSR count). The van der Waals surface area contributed by atoms with Crippen LogP contribution in [0.3, 0.4) is 0 Å². The molecule has 1 unspecified atom stereocenters. The summed E-state index contributed by atoms with van der Waals surface area (Å²) in [5.74, 6) is 1.84. The van der Waals surface area contributed by atoms with Crippen LogP contribution in [0.2, 0.25) is 0 Å². The number of hydrogen-bond donors (Lipinski definition) is 1. The van der Waals surface area contributed by atoms with Crippen LogP contribution in [0.5, 0.6) is 0 Å². The number of carbonyl (C=O) groups is 1. The van der Waals surface area contributed by atoms with Crippen molar-refractivity contribution in [3.05, 3.63) is 107 Å². The van der Waals surface area contributed by atoms with Crippen LogP contribution in [0.4, 0.5) is 0 Å². The van der Waals surface area contributed by atoms with Crippen molar-refractivity contribution in [1.82, 2.24) is 5.32 Å². The first kappa shape index (κ1) is 19.2. The van der Waals surface area contributed by atoms with Gasteiger partial charge >= 0.3 is 0 Å². The maximum atomic E-state index is 12.6. The lowest BCUT2D eigenvalue weighted by Crippen LogP contribution is -2.30. The Hall–Kier alpha value is -2.52. The zero-order chi connectivity index (χ0) is 18.9. The highest BCUT2D eigenvalue weighted by Gasteiger charge is 2.18. The van der Waals surface area contributed by atoms with E-state index < -0.39 is 0 Å². The lowest BCUT2D eigenvalue weighted by atomic mass is 9.95. The average Bonchev–Trinajstić information content (AvgIpc) is 2.71. The molecule has 1 N–H and O–H groups in total. The van der Waals surface area contributed by atoms with E-state index in [0.29, 0.717) is 6.42 Å². The Balaban J connectivity index is 1.60. The van der Waals surface area contributed by atoms with E-state index in [4.69, 9.17) is 0 Å². The van der Waals surface area contributed by atoms with Gasteiger partial charge in [-0.25, -0.2) is 0 Å². The van der Waals surface area contributed by atoms with Crippen molar-refractivity contribution in [2.24, 2.45) is 0 Å². The minimum absolute atomic E-state index is 0.0904. The number of thioether (sulfide) groups is 1. The second-order valence-electron chi connectivity index (χ2n) is 6.56. The second kappa shape index (κ2) is 9.98. The van der Waals surface area contributed by atoms with Crippen molar-refractivity contribution < 1.29 is 4.79 Å². The van der Waals surface area contributed by atoms with Gasteiger partial charge in [0.2, 0.25) is 5.91 Å². The Morgan fingerprint density at radius 1 is 0.889 bits per heavy atom. The quantitative estimate of drug-likeness (QED) is 0.525. The molecule has 0 aliphatic carbocycles. The topological polar surface area (TPSA) is 29.1 Å². The number of nitrogens with one attached hydrogen (secondary N) is 1. The molecule has 0 aliphatic rings. The third-order valence-electron chi connectivity index (χ3n) is 4.52. The molecular formula is C24H25NOS. The fraction of sp³-hybridized carbons (Fsp3) is 0.208. The van der Waals surface area contributed by atoms with Gasteiger partial charge in [0.05, 0.1) is 6.04 Å². The van der Waals surface area contributed by atoms with Crippen LogP contribution < -0.4 is 5.32 Å². The van der Waals surface area contributed by atoms with E-state index in [1.807, 2.05) is 36.4 Å². The number of aryl methyl sites for hydroxylation is 1. The molecular weight excluding hydrogens is 350 g/mol. The average molecular weight is 376 g/mol. The van der Waals surface area contributed by atoms with E-state index in [-0.39, 0.29) is 11.9 Å². The van der Waals surface area contributed by atoms with Crippen LogP contribution >= 0.6 is 11.8 Å². The number of carbonyl (C=O) groups excluding carboxylic acids is 1. The van der Waals surface area contributed by atoms with Crippen LogP contribution in [0.15, 0.2) is 84.9 Å². The molecule has 3 aromatic carbocycles. The first-order valence-electron chi connectivity index (χ1n) is 9.25. The molecule has 0 heterocycles. The van der Waals surface area contributed by atoms with Crippen molar-refractivity contribution in [2.75, 3.05) is 5.75 Å². The highest BCUT2D eigenvalue weighted by Crippen LogP contribution is 2.25. The summed E-state index contributed by atoms with van der Waals surface area (Å²) in [6.07, 6.45) is 0.521. The fourth-order valence-corrected chi connectivity index (χ4v) is 3.96. The van der Waals surface area contributed by atoms with Gasteiger partial charge in [0, 0.05) is 17.9 Å². The van der Waals surface area contributed by atoms with E-state index >= 15 is 0 Å². The summed E-state index contributed by atoms with van der Waals surface area (Å²) in [6, 6.07) is 28.7. The minimum atomic E-state index is -0.112. The lowest BCUT2D eigenvalue weighted by Gasteiger charge is -2.21. The van der Waals surface area contributed by atoms with Crippen molar-refractivity contribution in [3.8, 4) is 0 Å². The Bertz CT molecular complexity index is 849. The Kier molecular flexibility index (Phi) is 7.11. The minimum Gasteiger partial charge on any atom is -0.345 e. The van der Waals surface area contributed by atoms with Gasteiger partial charge in [-0.15, -0.1) is 0 Å². The van der Waals surface area contributed by atoms with Crippen LogP contribution in [0.1, 0.15) is 34.7 Å². The molecule has 0 saturated carbocycles. The maximum absolute atomic E-state index is 12.6. The molecule has 0 radical (unpaired) electrons. The summed E-state index contributed by atoms with van der Waals surface area (Å²) >= 11 is 1.80. The molecule has 0 aromatic heterocycles. The molecule has 0 aliphatic heterocycles. The third kappa shape index (κ3) is 5.73. The monoisotopic (exact) mass is 375 g/mol. The SMILES string of the molecule is Cc1ccccc1C(NC(=O)CCSCc1ccccc1)c1ccccc1. The normalized spacial score (nSPS) is 11.7. The van der Waals surface area contributed by atoms with Gasteiger partial charge in [-0.05, 0) is 29.2 Å².